The van der Waals surface area contributed by atoms with E-state index in [-0.39, 0.29) is 11.7 Å². The second-order valence-electron chi connectivity index (χ2n) is 6.52. The fourth-order valence-electron chi connectivity index (χ4n) is 2.23. The van der Waals surface area contributed by atoms with E-state index in [0.29, 0.717) is 5.41 Å². The largest absolute Gasteiger partial charge is 0.316 e. The van der Waals surface area contributed by atoms with Crippen molar-refractivity contribution in [1.82, 2.24) is 5.32 Å². The van der Waals surface area contributed by atoms with Gasteiger partial charge in [0, 0.05) is 6.54 Å². The van der Waals surface area contributed by atoms with E-state index >= 15 is 0 Å². The molecule has 0 saturated carbocycles. The van der Waals surface area contributed by atoms with Crippen LogP contribution in [0.25, 0.3) is 0 Å². The third kappa shape index (κ3) is 6.20. The highest BCUT2D eigenvalue weighted by atomic mass is 19.1. The van der Waals surface area contributed by atoms with Gasteiger partial charge in [-0.05, 0) is 48.8 Å². The second-order valence-corrected chi connectivity index (χ2v) is 6.52. The Labute approximate surface area is 117 Å². The second kappa shape index (κ2) is 7.64. The molecule has 1 aromatic carbocycles. The average Bonchev–Trinajstić information content (AvgIpc) is 2.33. The minimum Gasteiger partial charge on any atom is -0.316 e. The summed E-state index contributed by atoms with van der Waals surface area (Å²) >= 11 is 0. The number of nitrogens with one attached hydrogen (secondary N) is 1. The third-order valence-electron chi connectivity index (χ3n) is 3.41. The van der Waals surface area contributed by atoms with Crippen LogP contribution in [-0.4, -0.2) is 13.1 Å². The molecule has 2 heteroatoms. The standard InChI is InChI=1S/C17H28FN/c1-5-12-19-13-14(10-11-17(2,3)4)15-8-6-7-9-16(15)18/h6-9,14,19H,5,10-13H2,1-4H3. The lowest BCUT2D eigenvalue weighted by molar-refractivity contribution is 0.342. The van der Waals surface area contributed by atoms with Gasteiger partial charge in [-0.1, -0.05) is 45.9 Å². The fraction of sp³-hybridized carbons (Fsp3) is 0.647. The van der Waals surface area contributed by atoms with Crippen LogP contribution in [0, 0.1) is 11.2 Å². The van der Waals surface area contributed by atoms with Crippen molar-refractivity contribution in [2.75, 3.05) is 13.1 Å². The first-order valence-electron chi connectivity index (χ1n) is 7.39. The van der Waals surface area contributed by atoms with Gasteiger partial charge in [0.1, 0.15) is 5.82 Å². The van der Waals surface area contributed by atoms with Crippen molar-refractivity contribution in [1.29, 1.82) is 0 Å². The Morgan fingerprint density at radius 1 is 1.21 bits per heavy atom. The monoisotopic (exact) mass is 265 g/mol. The molecule has 19 heavy (non-hydrogen) atoms. The van der Waals surface area contributed by atoms with Gasteiger partial charge in [-0.2, -0.15) is 0 Å². The van der Waals surface area contributed by atoms with Crippen LogP contribution in [0.5, 0.6) is 0 Å². The lowest BCUT2D eigenvalue weighted by atomic mass is 9.84. The van der Waals surface area contributed by atoms with Gasteiger partial charge in [-0.25, -0.2) is 4.39 Å². The molecule has 1 rings (SSSR count). The highest BCUT2D eigenvalue weighted by molar-refractivity contribution is 5.22. The van der Waals surface area contributed by atoms with Crippen molar-refractivity contribution < 1.29 is 4.39 Å². The summed E-state index contributed by atoms with van der Waals surface area (Å²) in [4.78, 5) is 0. The Kier molecular flexibility index (Phi) is 6.50. The van der Waals surface area contributed by atoms with Gasteiger partial charge < -0.3 is 5.32 Å². The Morgan fingerprint density at radius 2 is 1.89 bits per heavy atom. The number of rotatable bonds is 7. The molecule has 0 amide bonds. The van der Waals surface area contributed by atoms with Crippen LogP contribution in [0.15, 0.2) is 24.3 Å². The molecular weight excluding hydrogens is 237 g/mol. The minimum absolute atomic E-state index is 0.0697. The first kappa shape index (κ1) is 16.2. The van der Waals surface area contributed by atoms with Crippen molar-refractivity contribution in [3.05, 3.63) is 35.6 Å². The van der Waals surface area contributed by atoms with Crippen molar-refractivity contribution in [3.8, 4) is 0 Å². The van der Waals surface area contributed by atoms with E-state index in [4.69, 9.17) is 0 Å². The van der Waals surface area contributed by atoms with Crippen molar-refractivity contribution in [2.45, 2.75) is 52.9 Å². The molecule has 0 saturated heterocycles. The number of hydrogen-bond acceptors (Lipinski definition) is 1. The first-order chi connectivity index (χ1) is 8.94. The maximum atomic E-state index is 13.9. The molecular formula is C17H28FN. The van der Waals surface area contributed by atoms with Crippen LogP contribution in [-0.2, 0) is 0 Å². The van der Waals surface area contributed by atoms with E-state index in [1.54, 1.807) is 12.1 Å². The molecule has 0 spiro atoms. The Morgan fingerprint density at radius 3 is 2.47 bits per heavy atom. The lowest BCUT2D eigenvalue weighted by Gasteiger charge is -2.24. The van der Waals surface area contributed by atoms with Gasteiger partial charge in [-0.3, -0.25) is 0 Å². The van der Waals surface area contributed by atoms with Crippen LogP contribution in [0.2, 0.25) is 0 Å². The molecule has 1 N–H and O–H groups in total. The van der Waals surface area contributed by atoms with Crippen LogP contribution in [0.4, 0.5) is 4.39 Å². The summed E-state index contributed by atoms with van der Waals surface area (Å²) in [5.41, 5.74) is 1.16. The minimum atomic E-state index is -0.0697. The zero-order valence-electron chi connectivity index (χ0n) is 12.8. The molecule has 0 bridgehead atoms. The van der Waals surface area contributed by atoms with Crippen molar-refractivity contribution in [3.63, 3.8) is 0 Å². The smallest absolute Gasteiger partial charge is 0.126 e. The molecule has 0 heterocycles. The maximum Gasteiger partial charge on any atom is 0.126 e. The summed E-state index contributed by atoms with van der Waals surface area (Å²) in [5, 5.41) is 3.43. The summed E-state index contributed by atoms with van der Waals surface area (Å²) < 4.78 is 13.9. The SMILES string of the molecule is CCCNCC(CCC(C)(C)C)c1ccccc1F. The molecule has 1 nitrogen and oxygen atoms in total. The predicted octanol–water partition coefficient (Wildman–Crippen LogP) is 4.74. The third-order valence-corrected chi connectivity index (χ3v) is 3.41. The predicted molar refractivity (Wildman–Crippen MR) is 81.0 cm³/mol. The van der Waals surface area contributed by atoms with Gasteiger partial charge in [0.2, 0.25) is 0 Å². The van der Waals surface area contributed by atoms with Gasteiger partial charge in [-0.15, -0.1) is 0 Å². The summed E-state index contributed by atoms with van der Waals surface area (Å²) in [6.45, 7) is 10.7. The molecule has 0 aliphatic rings. The lowest BCUT2D eigenvalue weighted by Crippen LogP contribution is -2.24. The van der Waals surface area contributed by atoms with E-state index < -0.39 is 0 Å². The molecule has 0 radical (unpaired) electrons. The number of halogens is 1. The van der Waals surface area contributed by atoms with Crippen molar-refractivity contribution in [2.24, 2.45) is 5.41 Å². The van der Waals surface area contributed by atoms with E-state index in [9.17, 15) is 4.39 Å². The van der Waals surface area contributed by atoms with Crippen LogP contribution >= 0.6 is 0 Å². The topological polar surface area (TPSA) is 12.0 Å². The maximum absolute atomic E-state index is 13.9. The Hall–Kier alpha value is -0.890. The normalized spacial score (nSPS) is 13.5. The highest BCUT2D eigenvalue weighted by Gasteiger charge is 2.18. The van der Waals surface area contributed by atoms with Crippen LogP contribution in [0.3, 0.4) is 0 Å². The molecule has 108 valence electrons. The molecule has 1 unspecified atom stereocenters. The van der Waals surface area contributed by atoms with Crippen LogP contribution in [0.1, 0.15) is 58.4 Å². The summed E-state index contributed by atoms with van der Waals surface area (Å²) in [7, 11) is 0. The van der Waals surface area contributed by atoms with Gasteiger partial charge in [0.15, 0.2) is 0 Å². The van der Waals surface area contributed by atoms with E-state index in [0.717, 1.165) is 37.9 Å². The highest BCUT2D eigenvalue weighted by Crippen LogP contribution is 2.29. The summed E-state index contributed by atoms with van der Waals surface area (Å²) in [6, 6.07) is 7.19. The zero-order valence-corrected chi connectivity index (χ0v) is 12.8. The molecule has 1 atom stereocenters. The number of benzene rings is 1. The first-order valence-corrected chi connectivity index (χ1v) is 7.39. The average molecular weight is 265 g/mol. The van der Waals surface area contributed by atoms with E-state index in [1.165, 1.54) is 0 Å². The number of hydrogen-bond donors (Lipinski definition) is 1. The molecule has 0 aliphatic carbocycles. The quantitative estimate of drug-likeness (QED) is 0.702. The van der Waals surface area contributed by atoms with Gasteiger partial charge >= 0.3 is 0 Å². The Bertz CT molecular complexity index is 368. The molecule has 0 aromatic heterocycles. The van der Waals surface area contributed by atoms with Gasteiger partial charge in [0.25, 0.3) is 0 Å². The van der Waals surface area contributed by atoms with E-state index in [2.05, 4.69) is 33.0 Å². The van der Waals surface area contributed by atoms with Crippen molar-refractivity contribution >= 4 is 0 Å². The van der Waals surface area contributed by atoms with E-state index in [1.807, 2.05) is 12.1 Å². The van der Waals surface area contributed by atoms with Crippen LogP contribution < -0.4 is 5.32 Å². The fourth-order valence-corrected chi connectivity index (χ4v) is 2.23. The molecule has 1 aromatic rings. The van der Waals surface area contributed by atoms with Gasteiger partial charge in [0.05, 0.1) is 0 Å². The zero-order chi connectivity index (χ0) is 14.3. The summed E-state index contributed by atoms with van der Waals surface area (Å²) in [5.74, 6) is 0.201. The Balaban J connectivity index is 2.71. The molecule has 0 fully saturated rings. The summed E-state index contributed by atoms with van der Waals surface area (Å²) in [6.07, 6.45) is 3.25. The molecule has 0 aliphatic heterocycles.